The Balaban J connectivity index is 2.28. The molecule has 18 heavy (non-hydrogen) atoms. The van der Waals surface area contributed by atoms with Gasteiger partial charge in [0, 0.05) is 17.6 Å². The van der Waals surface area contributed by atoms with E-state index in [0.717, 1.165) is 31.5 Å². The molecular weight excluding hydrogens is 224 g/mol. The molecule has 0 aliphatic carbocycles. The highest BCUT2D eigenvalue weighted by Gasteiger charge is 2.33. The second kappa shape index (κ2) is 5.11. The number of nitrogens with zero attached hydrogens (tertiary/aromatic N) is 1. The predicted molar refractivity (Wildman–Crippen MR) is 74.6 cm³/mol. The van der Waals surface area contributed by atoms with Crippen LogP contribution in [-0.2, 0) is 11.2 Å². The van der Waals surface area contributed by atoms with Crippen LogP contribution in [0.4, 0.5) is 5.69 Å². The number of hydrogen-bond donors (Lipinski definition) is 1. The Labute approximate surface area is 109 Å². The maximum Gasteiger partial charge on any atom is 0.232 e. The van der Waals surface area contributed by atoms with E-state index < -0.39 is 0 Å². The second-order valence-electron chi connectivity index (χ2n) is 5.61. The van der Waals surface area contributed by atoms with Gasteiger partial charge < -0.3 is 10.6 Å². The van der Waals surface area contributed by atoms with Crippen LogP contribution >= 0.6 is 0 Å². The Kier molecular flexibility index (Phi) is 3.71. The number of benzene rings is 1. The van der Waals surface area contributed by atoms with Crippen LogP contribution in [-0.4, -0.2) is 19.0 Å². The first kappa shape index (κ1) is 13.1. The van der Waals surface area contributed by atoms with Gasteiger partial charge in [-0.05, 0) is 37.4 Å². The summed E-state index contributed by atoms with van der Waals surface area (Å²) in [5.41, 5.74) is 7.59. The van der Waals surface area contributed by atoms with Crippen LogP contribution in [0.1, 0.15) is 32.3 Å². The average molecular weight is 246 g/mol. The number of nitrogens with two attached hydrogens (primary N) is 1. The lowest BCUT2D eigenvalue weighted by Crippen LogP contribution is -2.44. The van der Waals surface area contributed by atoms with Crippen LogP contribution in [0.5, 0.6) is 0 Å². The Morgan fingerprint density at radius 2 is 2.11 bits per heavy atom. The lowest BCUT2D eigenvalue weighted by molar-refractivity contribution is -0.126. The molecule has 1 amide bonds. The molecule has 0 aromatic heterocycles. The summed E-state index contributed by atoms with van der Waals surface area (Å²) in [6.07, 6.45) is 2.84. The molecule has 0 unspecified atom stereocenters. The molecule has 1 aromatic rings. The Morgan fingerprint density at radius 3 is 2.83 bits per heavy atom. The van der Waals surface area contributed by atoms with Crippen LogP contribution in [0.2, 0.25) is 0 Å². The summed E-state index contributed by atoms with van der Waals surface area (Å²) in [4.78, 5) is 14.6. The SMILES string of the molecule is CC(C)(CCN)C(=O)N1CCCc2ccccc21. The molecule has 2 rings (SSSR count). The van der Waals surface area contributed by atoms with E-state index in [1.54, 1.807) is 0 Å². The number of carbonyl (C=O) groups excluding carboxylic acids is 1. The third-order valence-corrected chi connectivity index (χ3v) is 3.70. The predicted octanol–water partition coefficient (Wildman–Crippen LogP) is 2.34. The topological polar surface area (TPSA) is 46.3 Å². The number of anilines is 1. The van der Waals surface area contributed by atoms with E-state index in [1.807, 2.05) is 36.9 Å². The Bertz CT molecular complexity index is 440. The van der Waals surface area contributed by atoms with Gasteiger partial charge in [0.25, 0.3) is 0 Å². The van der Waals surface area contributed by atoms with Crippen molar-refractivity contribution in [3.63, 3.8) is 0 Å². The van der Waals surface area contributed by atoms with E-state index in [0.29, 0.717) is 6.54 Å². The fourth-order valence-electron chi connectivity index (χ4n) is 2.58. The minimum atomic E-state index is -0.376. The van der Waals surface area contributed by atoms with Crippen LogP contribution in [0.15, 0.2) is 24.3 Å². The molecular formula is C15H22N2O. The van der Waals surface area contributed by atoms with Gasteiger partial charge in [-0.25, -0.2) is 0 Å². The van der Waals surface area contributed by atoms with Crippen molar-refractivity contribution < 1.29 is 4.79 Å². The first-order chi connectivity index (χ1) is 8.56. The summed E-state index contributed by atoms with van der Waals surface area (Å²) in [6, 6.07) is 8.20. The van der Waals surface area contributed by atoms with E-state index >= 15 is 0 Å². The molecule has 98 valence electrons. The smallest absolute Gasteiger partial charge is 0.232 e. The number of para-hydroxylation sites is 1. The zero-order chi connectivity index (χ0) is 13.2. The van der Waals surface area contributed by atoms with Gasteiger partial charge in [0.1, 0.15) is 0 Å². The molecule has 0 spiro atoms. The van der Waals surface area contributed by atoms with E-state index in [2.05, 4.69) is 6.07 Å². The molecule has 1 aromatic carbocycles. The minimum Gasteiger partial charge on any atom is -0.330 e. The number of hydrogen-bond acceptors (Lipinski definition) is 2. The molecule has 1 heterocycles. The van der Waals surface area contributed by atoms with Crippen molar-refractivity contribution in [3.8, 4) is 0 Å². The highest BCUT2D eigenvalue weighted by molar-refractivity contribution is 5.98. The highest BCUT2D eigenvalue weighted by atomic mass is 16.2. The first-order valence-electron chi connectivity index (χ1n) is 6.66. The van der Waals surface area contributed by atoms with Crippen molar-refractivity contribution >= 4 is 11.6 Å². The first-order valence-corrected chi connectivity index (χ1v) is 6.66. The average Bonchev–Trinajstić information content (AvgIpc) is 2.37. The van der Waals surface area contributed by atoms with Crippen molar-refractivity contribution in [2.75, 3.05) is 18.0 Å². The van der Waals surface area contributed by atoms with Gasteiger partial charge in [0.05, 0.1) is 0 Å². The summed E-state index contributed by atoms with van der Waals surface area (Å²) in [5, 5.41) is 0. The Hall–Kier alpha value is -1.35. The second-order valence-corrected chi connectivity index (χ2v) is 5.61. The van der Waals surface area contributed by atoms with Gasteiger partial charge in [-0.15, -0.1) is 0 Å². The van der Waals surface area contributed by atoms with Crippen molar-refractivity contribution in [3.05, 3.63) is 29.8 Å². The summed E-state index contributed by atoms with van der Waals surface area (Å²) in [5.74, 6) is 0.195. The van der Waals surface area contributed by atoms with E-state index in [9.17, 15) is 4.79 Å². The Morgan fingerprint density at radius 1 is 1.39 bits per heavy atom. The molecule has 0 saturated carbocycles. The lowest BCUT2D eigenvalue weighted by Gasteiger charge is -2.35. The minimum absolute atomic E-state index is 0.195. The van der Waals surface area contributed by atoms with E-state index in [1.165, 1.54) is 5.56 Å². The number of amides is 1. The fraction of sp³-hybridized carbons (Fsp3) is 0.533. The van der Waals surface area contributed by atoms with Crippen molar-refractivity contribution in [1.82, 2.24) is 0 Å². The molecule has 3 nitrogen and oxygen atoms in total. The number of rotatable bonds is 3. The maximum absolute atomic E-state index is 12.6. The third kappa shape index (κ3) is 2.41. The summed E-state index contributed by atoms with van der Waals surface area (Å²) >= 11 is 0. The standard InChI is InChI=1S/C15H22N2O/c1-15(2,9-10-16)14(18)17-11-5-7-12-6-3-4-8-13(12)17/h3-4,6,8H,5,7,9-11,16H2,1-2H3. The van der Waals surface area contributed by atoms with Crippen LogP contribution < -0.4 is 10.6 Å². The van der Waals surface area contributed by atoms with Gasteiger partial charge in [-0.1, -0.05) is 32.0 Å². The molecule has 0 fully saturated rings. The summed E-state index contributed by atoms with van der Waals surface area (Å²) < 4.78 is 0. The van der Waals surface area contributed by atoms with Crippen LogP contribution in [0.25, 0.3) is 0 Å². The molecule has 1 aliphatic rings. The number of fused-ring (bicyclic) bond motifs is 1. The van der Waals surface area contributed by atoms with Gasteiger partial charge in [-0.2, -0.15) is 0 Å². The van der Waals surface area contributed by atoms with Crippen molar-refractivity contribution in [2.45, 2.75) is 33.1 Å². The largest absolute Gasteiger partial charge is 0.330 e. The van der Waals surface area contributed by atoms with E-state index in [-0.39, 0.29) is 11.3 Å². The molecule has 3 heteroatoms. The van der Waals surface area contributed by atoms with Gasteiger partial charge in [0.2, 0.25) is 5.91 Å². The maximum atomic E-state index is 12.6. The monoisotopic (exact) mass is 246 g/mol. The highest BCUT2D eigenvalue weighted by Crippen LogP contribution is 2.32. The molecule has 0 atom stereocenters. The van der Waals surface area contributed by atoms with Crippen LogP contribution in [0.3, 0.4) is 0 Å². The zero-order valence-electron chi connectivity index (χ0n) is 11.3. The van der Waals surface area contributed by atoms with E-state index in [4.69, 9.17) is 5.73 Å². The van der Waals surface area contributed by atoms with Crippen molar-refractivity contribution in [2.24, 2.45) is 11.1 Å². The van der Waals surface area contributed by atoms with Gasteiger partial charge in [-0.3, -0.25) is 4.79 Å². The number of carbonyl (C=O) groups is 1. The van der Waals surface area contributed by atoms with Gasteiger partial charge >= 0.3 is 0 Å². The normalized spacial score (nSPS) is 15.4. The zero-order valence-corrected chi connectivity index (χ0v) is 11.3. The quantitative estimate of drug-likeness (QED) is 0.889. The molecule has 0 bridgehead atoms. The van der Waals surface area contributed by atoms with Crippen molar-refractivity contribution in [1.29, 1.82) is 0 Å². The third-order valence-electron chi connectivity index (χ3n) is 3.70. The molecule has 0 radical (unpaired) electrons. The summed E-state index contributed by atoms with van der Waals surface area (Å²) in [7, 11) is 0. The molecule has 2 N–H and O–H groups in total. The van der Waals surface area contributed by atoms with Gasteiger partial charge in [0.15, 0.2) is 0 Å². The lowest BCUT2D eigenvalue weighted by atomic mass is 9.86. The number of aryl methyl sites for hydroxylation is 1. The summed E-state index contributed by atoms with van der Waals surface area (Å²) in [6.45, 7) is 5.34. The molecule has 1 aliphatic heterocycles. The van der Waals surface area contributed by atoms with Crippen LogP contribution in [0, 0.1) is 5.41 Å². The fourth-order valence-corrected chi connectivity index (χ4v) is 2.58. The molecule has 0 saturated heterocycles.